The maximum atomic E-state index is 14.6. The van der Waals surface area contributed by atoms with Crippen LogP contribution >= 0.6 is 23.7 Å². The van der Waals surface area contributed by atoms with E-state index in [4.69, 9.17) is 8.92 Å². The Bertz CT molecular complexity index is 3070. The molecular formula is C55H67N10NaO19S2. The van der Waals surface area contributed by atoms with Gasteiger partial charge in [0.15, 0.2) is 11.5 Å². The zero-order valence-corrected chi connectivity index (χ0v) is 51.3. The van der Waals surface area contributed by atoms with Crippen molar-refractivity contribution in [2.45, 2.75) is 139 Å². The van der Waals surface area contributed by atoms with Gasteiger partial charge >= 0.3 is 29.6 Å². The van der Waals surface area contributed by atoms with Gasteiger partial charge in [0.1, 0.15) is 52.0 Å². The molecule has 12 N–H and O–H groups in total. The molecule has 7 rings (SSSR count). The molecule has 3 aromatic carbocycles. The molecule has 464 valence electrons. The number of carbonyl (C=O) groups is 7. The number of hydrogen-bond acceptors (Lipinski definition) is 24. The summed E-state index contributed by atoms with van der Waals surface area (Å²) in [5.41, 5.74) is 1.48. The average molecular weight is 1260 g/mol. The Labute approximate surface area is 529 Å². The standard InChI is InChI=1S/C55H68N10O19S2.Na/c1-4-5-6-19-81-35-14-12-32(13-15-35)53-63-62-52(85-53)31-10-8-30(9-11-31)47(73)58-36-22-33(67)24-57-51(77)45-46(72)27(2)25-65(45)55(79)44(39(70)17-18-56)61-50(76)43(40(71)20-29-7-16-38(69)41(21-29)82-86-84-83-80)60-49(75)37-23-34(68)26-64(37)54(78)42(28(3)66)59-48(36)74;/h7-16,21,27-28,33-34,36-37,39-40,42-46,66-72,80H,4-6,17,19-20,22-26H2,1-3H3,(H,57,77)(H,58,73)(H,59,74)(H,60,75)(H,61,76);/q;+1/p-1/t27-,28+,33+,34+,36+,37+,39-,40-,42+,43+,44+,45+,46+;/m1./s1. The van der Waals surface area contributed by atoms with Gasteiger partial charge in [-0.1, -0.05) is 56.2 Å². The van der Waals surface area contributed by atoms with Crippen molar-refractivity contribution in [3.05, 3.63) is 77.9 Å². The summed E-state index contributed by atoms with van der Waals surface area (Å²) in [6.07, 6.45) is -10.1. The van der Waals surface area contributed by atoms with Crippen LogP contribution in [0.5, 0.6) is 17.2 Å². The number of aliphatic hydroxyl groups excluding tert-OH is 6. The minimum absolute atomic E-state index is 0. The Morgan fingerprint density at radius 3 is 2.11 bits per heavy atom. The van der Waals surface area contributed by atoms with Crippen LogP contribution in [-0.4, -0.2) is 196 Å². The summed E-state index contributed by atoms with van der Waals surface area (Å²) < 4.78 is 15.0. The Balaban J connectivity index is 0.0000121. The number of unbranched alkanes of at least 4 members (excludes halogenated alkanes) is 2. The molecule has 4 aromatic rings. The number of carbonyl (C=O) groups excluding carboxylic acids is 7. The van der Waals surface area contributed by atoms with Crippen LogP contribution in [0.15, 0.2) is 66.7 Å². The van der Waals surface area contributed by atoms with E-state index in [1.807, 2.05) is 24.3 Å². The van der Waals surface area contributed by atoms with Crippen LogP contribution in [0, 0.1) is 17.2 Å². The van der Waals surface area contributed by atoms with Crippen LogP contribution in [0.3, 0.4) is 0 Å². The molecule has 3 aliphatic heterocycles. The van der Waals surface area contributed by atoms with E-state index in [-0.39, 0.29) is 65.3 Å². The number of benzene rings is 3. The fourth-order valence-electron chi connectivity index (χ4n) is 10.0. The van der Waals surface area contributed by atoms with E-state index in [1.54, 1.807) is 18.2 Å². The van der Waals surface area contributed by atoms with E-state index in [0.29, 0.717) is 22.2 Å². The molecule has 7 amide bonds. The Morgan fingerprint density at radius 1 is 0.828 bits per heavy atom. The molecule has 0 saturated carbocycles. The normalized spacial score (nSPS) is 25.2. The van der Waals surface area contributed by atoms with Crippen LogP contribution in [0.25, 0.3) is 21.1 Å². The third kappa shape index (κ3) is 18.0. The van der Waals surface area contributed by atoms with Gasteiger partial charge in [-0.25, -0.2) is 0 Å². The van der Waals surface area contributed by atoms with Crippen molar-refractivity contribution >= 4 is 65.0 Å². The fourth-order valence-corrected chi connectivity index (χ4v) is 11.1. The van der Waals surface area contributed by atoms with Gasteiger partial charge in [-0.05, 0) is 67.4 Å². The third-order valence-electron chi connectivity index (χ3n) is 14.6. The number of aromatic hydroxyl groups is 1. The summed E-state index contributed by atoms with van der Waals surface area (Å²) in [7, 11) is 0. The van der Waals surface area contributed by atoms with Crippen molar-refractivity contribution in [1.29, 1.82) is 5.26 Å². The maximum absolute atomic E-state index is 14.6. The molecule has 87 heavy (non-hydrogen) atoms. The summed E-state index contributed by atoms with van der Waals surface area (Å²) in [5, 5.41) is 123. The zero-order chi connectivity index (χ0) is 62.4. The van der Waals surface area contributed by atoms with Crippen LogP contribution in [-0.2, 0) is 44.6 Å². The van der Waals surface area contributed by atoms with Gasteiger partial charge in [0.25, 0.3) is 18.2 Å². The molecule has 3 fully saturated rings. The molecule has 32 heteroatoms. The van der Waals surface area contributed by atoms with E-state index in [0.717, 1.165) is 59.4 Å². The summed E-state index contributed by atoms with van der Waals surface area (Å²) in [5.74, 6) is -9.03. The van der Waals surface area contributed by atoms with E-state index in [9.17, 15) is 79.8 Å². The number of hydrogen-bond donors (Lipinski definition) is 12. The molecule has 0 aliphatic carbocycles. The number of fused-ring (bicyclic) bond motifs is 2. The largest absolute Gasteiger partial charge is 1.00 e. The van der Waals surface area contributed by atoms with Gasteiger partial charge in [-0.2, -0.15) is 5.26 Å². The van der Waals surface area contributed by atoms with Crippen LogP contribution in [0.2, 0.25) is 0 Å². The number of phenolic OH excluding ortho intramolecular Hbond substituents is 1. The number of rotatable bonds is 19. The number of nitriles is 1. The first-order chi connectivity index (χ1) is 41.1. The molecule has 3 saturated heterocycles. The van der Waals surface area contributed by atoms with Crippen LogP contribution in [0.1, 0.15) is 75.2 Å². The van der Waals surface area contributed by atoms with Gasteiger partial charge in [-0.15, -0.1) is 14.5 Å². The minimum atomic E-state index is -2.16. The minimum Gasteiger partial charge on any atom is -0.691 e. The molecule has 0 unspecified atom stereocenters. The predicted molar refractivity (Wildman–Crippen MR) is 299 cm³/mol. The van der Waals surface area contributed by atoms with E-state index in [2.05, 4.69) is 53.1 Å². The topological polar surface area (TPSA) is 437 Å². The van der Waals surface area contributed by atoms with E-state index >= 15 is 0 Å². The number of β-amino-alcohol motifs (C(OH)–C–C–N with tert-alkyl or cyclic N) is 1. The van der Waals surface area contributed by atoms with Gasteiger partial charge in [0.05, 0.1) is 55.7 Å². The Kier molecular flexibility index (Phi) is 26.0. The molecule has 29 nitrogen and oxygen atoms in total. The number of nitrogens with zero attached hydrogens (tertiary/aromatic N) is 5. The molecule has 4 heterocycles. The quantitative estimate of drug-likeness (QED) is 0.0138. The predicted octanol–water partition coefficient (Wildman–Crippen LogP) is -4.82. The number of ether oxygens (including phenoxy) is 1. The van der Waals surface area contributed by atoms with Crippen molar-refractivity contribution in [3.63, 3.8) is 0 Å². The maximum Gasteiger partial charge on any atom is 1.00 e. The Morgan fingerprint density at radius 2 is 1.47 bits per heavy atom. The monoisotopic (exact) mass is 1260 g/mol. The molecule has 1 aromatic heterocycles. The first-order valence-electron chi connectivity index (χ1n) is 27.5. The van der Waals surface area contributed by atoms with Crippen molar-refractivity contribution in [2.75, 3.05) is 26.2 Å². The molecule has 13 atom stereocenters. The number of aliphatic hydroxyl groups is 6. The summed E-state index contributed by atoms with van der Waals surface area (Å²) in [6, 6.07) is 7.18. The molecule has 0 bridgehead atoms. The first kappa shape index (κ1) is 69.5. The fraction of sp³-hybridized carbons (Fsp3) is 0.491. The molecular weight excluding hydrogens is 1190 g/mol. The van der Waals surface area contributed by atoms with Crippen LogP contribution < -0.4 is 70.3 Å². The molecule has 0 spiro atoms. The van der Waals surface area contributed by atoms with Gasteiger partial charge in [0, 0.05) is 61.5 Å². The number of nitrogens with one attached hydrogen (secondary N) is 5. The van der Waals surface area contributed by atoms with Gasteiger partial charge < -0.3 is 86.3 Å². The third-order valence-corrected chi connectivity index (χ3v) is 16.0. The van der Waals surface area contributed by atoms with Crippen molar-refractivity contribution in [3.8, 4) is 44.5 Å². The van der Waals surface area contributed by atoms with Crippen molar-refractivity contribution in [2.24, 2.45) is 5.92 Å². The second kappa shape index (κ2) is 32.6. The van der Waals surface area contributed by atoms with Gasteiger partial charge in [-0.3, -0.25) is 38.6 Å². The second-order valence-electron chi connectivity index (χ2n) is 21.0. The smallest absolute Gasteiger partial charge is 0.691 e. The summed E-state index contributed by atoms with van der Waals surface area (Å²) in [6.45, 7) is 3.66. The zero-order valence-electron chi connectivity index (χ0n) is 47.7. The van der Waals surface area contributed by atoms with Crippen LogP contribution in [0.4, 0.5) is 0 Å². The number of phenols is 1. The van der Waals surface area contributed by atoms with E-state index < -0.39 is 165 Å². The molecule has 3 aliphatic rings. The SMILES string of the molecule is CCCCCOc1ccc(-c2nnc(-c3ccc(C(=O)N[C@H]4C[C@H](O)CNC(=O)[C@@H]5[C@@H](O)[C@H](C)CN5C(=O)[C@H]([C@H](O)CC#N)NC(=O)[C@H]([C@H](O)Cc5ccc(O)c(OSOO[O-])c5)NC(=O)[C@@H]5C[C@H](O)CN5C(=O)[C@H]([C@H](C)O)NC4=O)cc3)s2)cc1.[Na+]. The molecule has 0 radical (unpaired) electrons. The summed E-state index contributed by atoms with van der Waals surface area (Å²) in [4.78, 5) is 102. The number of aromatic nitrogens is 2. The first-order valence-corrected chi connectivity index (χ1v) is 29.0. The average Bonchev–Trinajstić information content (AvgIpc) is 2.56. The van der Waals surface area contributed by atoms with Crippen molar-refractivity contribution < 1.29 is 122 Å². The van der Waals surface area contributed by atoms with Crippen molar-refractivity contribution in [1.82, 2.24) is 46.6 Å². The summed E-state index contributed by atoms with van der Waals surface area (Å²) >= 11 is 1.29. The number of amides is 7. The van der Waals surface area contributed by atoms with E-state index in [1.165, 1.54) is 36.5 Å². The van der Waals surface area contributed by atoms with Gasteiger partial charge in [0.2, 0.25) is 35.4 Å². The second-order valence-corrected chi connectivity index (χ2v) is 22.4. The Hall–Kier alpha value is -6.61.